The average molecular weight is 280 g/mol. The van der Waals surface area contributed by atoms with E-state index in [4.69, 9.17) is 4.74 Å². The van der Waals surface area contributed by atoms with Crippen LogP contribution in [0.4, 0.5) is 4.39 Å². The third-order valence-corrected chi connectivity index (χ3v) is 3.49. The van der Waals surface area contributed by atoms with Crippen LogP contribution in [0.1, 0.15) is 38.3 Å². The number of methoxy groups -OCH3 is 1. The minimum Gasteiger partial charge on any atom is -0.497 e. The van der Waals surface area contributed by atoms with Gasteiger partial charge in [0.25, 0.3) is 0 Å². The number of benzene rings is 1. The zero-order valence-corrected chi connectivity index (χ0v) is 12.1. The molecule has 4 nitrogen and oxygen atoms in total. The van der Waals surface area contributed by atoms with Crippen LogP contribution in [-0.4, -0.2) is 25.1 Å². The van der Waals surface area contributed by atoms with Crippen molar-refractivity contribution in [2.24, 2.45) is 0 Å². The maximum atomic E-state index is 13.9. The van der Waals surface area contributed by atoms with Crippen LogP contribution in [0, 0.1) is 5.82 Å². The zero-order chi connectivity index (χ0) is 14.7. The number of carbonyl (C=O) groups excluding carboxylic acids is 1. The Bertz CT molecular complexity index is 489. The molecule has 1 fully saturated rings. The van der Waals surface area contributed by atoms with Crippen molar-refractivity contribution in [3.63, 3.8) is 0 Å². The van der Waals surface area contributed by atoms with Gasteiger partial charge in [-0.25, -0.2) is 4.39 Å². The molecule has 1 aliphatic rings. The van der Waals surface area contributed by atoms with Gasteiger partial charge in [-0.15, -0.1) is 0 Å². The molecule has 0 radical (unpaired) electrons. The summed E-state index contributed by atoms with van der Waals surface area (Å²) in [5.74, 6) is 0.116. The molecule has 1 saturated carbocycles. The quantitative estimate of drug-likeness (QED) is 0.839. The van der Waals surface area contributed by atoms with Crippen LogP contribution in [0.5, 0.6) is 5.75 Å². The normalized spacial score (nSPS) is 17.4. The van der Waals surface area contributed by atoms with Crippen LogP contribution in [0.3, 0.4) is 0 Å². The number of carbonyl (C=O) groups is 1. The van der Waals surface area contributed by atoms with E-state index in [2.05, 4.69) is 10.6 Å². The summed E-state index contributed by atoms with van der Waals surface area (Å²) in [4.78, 5) is 11.9. The van der Waals surface area contributed by atoms with Gasteiger partial charge in [0.05, 0.1) is 13.2 Å². The Morgan fingerprint density at radius 2 is 2.10 bits per heavy atom. The van der Waals surface area contributed by atoms with E-state index in [-0.39, 0.29) is 23.8 Å². The van der Waals surface area contributed by atoms with Crippen LogP contribution in [0.15, 0.2) is 18.2 Å². The lowest BCUT2D eigenvalue weighted by Crippen LogP contribution is -2.44. The molecule has 2 N–H and O–H groups in total. The summed E-state index contributed by atoms with van der Waals surface area (Å²) in [6, 6.07) is 4.47. The second kappa shape index (κ2) is 6.22. The summed E-state index contributed by atoms with van der Waals surface area (Å²) < 4.78 is 18.9. The lowest BCUT2D eigenvalue weighted by atomic mass is 10.1. The predicted molar refractivity (Wildman–Crippen MR) is 75.1 cm³/mol. The van der Waals surface area contributed by atoms with Gasteiger partial charge in [-0.1, -0.05) is 6.07 Å². The van der Waals surface area contributed by atoms with Crippen LogP contribution in [0.2, 0.25) is 0 Å². The first-order valence-electron chi connectivity index (χ1n) is 6.91. The maximum Gasteiger partial charge on any atom is 0.237 e. The molecule has 20 heavy (non-hydrogen) atoms. The van der Waals surface area contributed by atoms with Gasteiger partial charge < -0.3 is 10.1 Å². The van der Waals surface area contributed by atoms with Crippen LogP contribution in [-0.2, 0) is 4.79 Å². The molecule has 2 atom stereocenters. The van der Waals surface area contributed by atoms with E-state index < -0.39 is 0 Å². The number of rotatable bonds is 6. The molecule has 0 saturated heterocycles. The van der Waals surface area contributed by atoms with Crippen molar-refractivity contribution in [1.29, 1.82) is 0 Å². The molecule has 1 aromatic rings. The number of ether oxygens (including phenoxy) is 1. The molecule has 0 bridgehead atoms. The van der Waals surface area contributed by atoms with Crippen molar-refractivity contribution in [2.75, 3.05) is 7.11 Å². The van der Waals surface area contributed by atoms with E-state index >= 15 is 0 Å². The minimum absolute atomic E-state index is 0.0340. The van der Waals surface area contributed by atoms with E-state index in [0.717, 1.165) is 12.8 Å². The van der Waals surface area contributed by atoms with E-state index in [1.54, 1.807) is 19.1 Å². The first-order valence-corrected chi connectivity index (χ1v) is 6.91. The molecule has 5 heteroatoms. The van der Waals surface area contributed by atoms with Crippen molar-refractivity contribution in [3.8, 4) is 5.75 Å². The van der Waals surface area contributed by atoms with Gasteiger partial charge in [0.1, 0.15) is 11.6 Å². The largest absolute Gasteiger partial charge is 0.497 e. The fourth-order valence-electron chi connectivity index (χ4n) is 2.08. The third-order valence-electron chi connectivity index (χ3n) is 3.49. The standard InChI is InChI=1S/C15H21FN2O2/c1-9(13-7-6-12(20-3)8-14(13)16)17-10(2)15(19)18-11-4-5-11/h6-11,17H,4-5H2,1-3H3,(H,18,19). The SMILES string of the molecule is COc1ccc(C(C)NC(C)C(=O)NC2CC2)c(F)c1. The van der Waals surface area contributed by atoms with E-state index in [1.807, 2.05) is 6.92 Å². The highest BCUT2D eigenvalue weighted by molar-refractivity contribution is 5.81. The van der Waals surface area contributed by atoms with Crippen LogP contribution < -0.4 is 15.4 Å². The first kappa shape index (κ1) is 14.8. The number of hydrogen-bond acceptors (Lipinski definition) is 3. The van der Waals surface area contributed by atoms with Crippen molar-refractivity contribution in [2.45, 2.75) is 44.8 Å². The minimum atomic E-state index is -0.355. The average Bonchev–Trinajstić information content (AvgIpc) is 3.22. The topological polar surface area (TPSA) is 50.4 Å². The van der Waals surface area contributed by atoms with Gasteiger partial charge in [0, 0.05) is 23.7 Å². The van der Waals surface area contributed by atoms with Gasteiger partial charge in [0.2, 0.25) is 5.91 Å². The second-order valence-corrected chi connectivity index (χ2v) is 5.28. The third kappa shape index (κ3) is 3.70. The number of nitrogens with one attached hydrogen (secondary N) is 2. The Labute approximate surface area is 118 Å². The fraction of sp³-hybridized carbons (Fsp3) is 0.533. The van der Waals surface area contributed by atoms with Crippen molar-refractivity contribution in [3.05, 3.63) is 29.6 Å². The van der Waals surface area contributed by atoms with Crippen molar-refractivity contribution < 1.29 is 13.9 Å². The highest BCUT2D eigenvalue weighted by Gasteiger charge is 2.26. The monoisotopic (exact) mass is 280 g/mol. The molecule has 2 unspecified atom stereocenters. The summed E-state index contributed by atoms with van der Waals surface area (Å²) in [5.41, 5.74) is 0.525. The molecule has 1 aromatic carbocycles. The predicted octanol–water partition coefficient (Wildman–Crippen LogP) is 2.15. The zero-order valence-electron chi connectivity index (χ0n) is 12.1. The molecule has 0 spiro atoms. The van der Waals surface area contributed by atoms with Crippen LogP contribution in [0.25, 0.3) is 0 Å². The lowest BCUT2D eigenvalue weighted by Gasteiger charge is -2.20. The highest BCUT2D eigenvalue weighted by atomic mass is 19.1. The van der Waals surface area contributed by atoms with Gasteiger partial charge in [-0.2, -0.15) is 0 Å². The molecular weight excluding hydrogens is 259 g/mol. The Morgan fingerprint density at radius 3 is 2.65 bits per heavy atom. The Balaban J connectivity index is 1.96. The van der Waals surface area contributed by atoms with Crippen molar-refractivity contribution in [1.82, 2.24) is 10.6 Å². The Hall–Kier alpha value is -1.62. The number of hydrogen-bond donors (Lipinski definition) is 2. The van der Waals surface area contributed by atoms with Gasteiger partial charge >= 0.3 is 0 Å². The summed E-state index contributed by atoms with van der Waals surface area (Å²) in [7, 11) is 1.50. The second-order valence-electron chi connectivity index (χ2n) is 5.28. The summed E-state index contributed by atoms with van der Waals surface area (Å²) >= 11 is 0. The number of amides is 1. The van der Waals surface area contributed by atoms with Gasteiger partial charge in [-0.3, -0.25) is 10.1 Å². The summed E-state index contributed by atoms with van der Waals surface area (Å²) in [6.45, 7) is 3.63. The molecule has 0 aromatic heterocycles. The molecule has 0 heterocycles. The molecule has 110 valence electrons. The maximum absolute atomic E-state index is 13.9. The molecular formula is C15H21FN2O2. The van der Waals surface area contributed by atoms with E-state index in [1.165, 1.54) is 13.2 Å². The van der Waals surface area contributed by atoms with Crippen LogP contribution >= 0.6 is 0 Å². The van der Waals surface area contributed by atoms with E-state index in [9.17, 15) is 9.18 Å². The smallest absolute Gasteiger partial charge is 0.237 e. The number of halogens is 1. The Kier molecular flexibility index (Phi) is 4.60. The summed E-state index contributed by atoms with van der Waals surface area (Å²) in [5, 5.41) is 6.04. The molecule has 1 aliphatic carbocycles. The summed E-state index contributed by atoms with van der Waals surface area (Å²) in [6.07, 6.45) is 2.11. The highest BCUT2D eigenvalue weighted by Crippen LogP contribution is 2.22. The lowest BCUT2D eigenvalue weighted by molar-refractivity contribution is -0.123. The van der Waals surface area contributed by atoms with E-state index in [0.29, 0.717) is 17.4 Å². The molecule has 1 amide bonds. The first-order chi connectivity index (χ1) is 9.51. The van der Waals surface area contributed by atoms with Gasteiger partial charge in [-0.05, 0) is 32.8 Å². The van der Waals surface area contributed by atoms with Gasteiger partial charge in [0.15, 0.2) is 0 Å². The fourth-order valence-corrected chi connectivity index (χ4v) is 2.08. The van der Waals surface area contributed by atoms with Crippen molar-refractivity contribution >= 4 is 5.91 Å². The Morgan fingerprint density at radius 1 is 1.40 bits per heavy atom. The molecule has 0 aliphatic heterocycles. The molecule has 2 rings (SSSR count).